The van der Waals surface area contributed by atoms with E-state index in [1.807, 2.05) is 30.3 Å². The predicted octanol–water partition coefficient (Wildman–Crippen LogP) is 5.40. The Balaban J connectivity index is 1.54. The van der Waals surface area contributed by atoms with E-state index in [2.05, 4.69) is 28.0 Å². The molecule has 4 rings (SSSR count). The molecule has 1 aliphatic carbocycles. The standard InChI is InChI=1S/C25H28ClN3O/c26-24-15-22(12-11-21(24)16-27)29(17-19-7-3-1-4-8-19)23-13-14-28(18-23)25(30)20-9-5-2-6-10-20/h1,3-4,7-8,11-12,15,20,23H,2,5-6,9-10,13-14,17-18H2/t23-/m0/s1. The predicted molar refractivity (Wildman–Crippen MR) is 120 cm³/mol. The fourth-order valence-electron chi connectivity index (χ4n) is 4.79. The third-order valence-corrected chi connectivity index (χ3v) is 6.78. The first-order valence-corrected chi connectivity index (χ1v) is 11.3. The Kier molecular flexibility index (Phi) is 6.59. The molecule has 1 saturated heterocycles. The molecule has 4 nitrogen and oxygen atoms in total. The van der Waals surface area contributed by atoms with Crippen LogP contribution in [0.3, 0.4) is 0 Å². The van der Waals surface area contributed by atoms with Gasteiger partial charge in [0.1, 0.15) is 6.07 Å². The molecular formula is C25H28ClN3O. The zero-order valence-electron chi connectivity index (χ0n) is 17.3. The Hall–Kier alpha value is -2.51. The molecule has 30 heavy (non-hydrogen) atoms. The van der Waals surface area contributed by atoms with Crippen molar-refractivity contribution in [2.45, 2.75) is 51.1 Å². The van der Waals surface area contributed by atoms with E-state index in [-0.39, 0.29) is 12.0 Å². The molecule has 0 aromatic heterocycles. The lowest BCUT2D eigenvalue weighted by Gasteiger charge is -2.32. The number of carbonyl (C=O) groups excluding carboxylic acids is 1. The number of halogens is 1. The Morgan fingerprint density at radius 3 is 2.57 bits per heavy atom. The Labute approximate surface area is 184 Å². The van der Waals surface area contributed by atoms with Crippen LogP contribution in [0.25, 0.3) is 0 Å². The summed E-state index contributed by atoms with van der Waals surface area (Å²) in [7, 11) is 0. The number of nitrogens with zero attached hydrogens (tertiary/aromatic N) is 3. The van der Waals surface area contributed by atoms with Crippen molar-refractivity contribution in [2.24, 2.45) is 5.92 Å². The van der Waals surface area contributed by atoms with Crippen LogP contribution in [0.15, 0.2) is 48.5 Å². The number of rotatable bonds is 5. The summed E-state index contributed by atoms with van der Waals surface area (Å²) < 4.78 is 0. The smallest absolute Gasteiger partial charge is 0.225 e. The van der Waals surface area contributed by atoms with Gasteiger partial charge in [-0.3, -0.25) is 4.79 Å². The van der Waals surface area contributed by atoms with Crippen LogP contribution >= 0.6 is 11.6 Å². The van der Waals surface area contributed by atoms with E-state index in [9.17, 15) is 10.1 Å². The average Bonchev–Trinajstić information content (AvgIpc) is 3.28. The number of benzene rings is 2. The van der Waals surface area contributed by atoms with E-state index in [1.54, 1.807) is 6.07 Å². The number of amides is 1. The van der Waals surface area contributed by atoms with Crippen LogP contribution in [0.5, 0.6) is 0 Å². The van der Waals surface area contributed by atoms with Crippen LogP contribution < -0.4 is 4.90 Å². The van der Waals surface area contributed by atoms with Crippen LogP contribution in [-0.2, 0) is 11.3 Å². The summed E-state index contributed by atoms with van der Waals surface area (Å²) in [6, 6.07) is 18.4. The first-order valence-electron chi connectivity index (χ1n) is 10.9. The second-order valence-corrected chi connectivity index (χ2v) is 8.86. The minimum absolute atomic E-state index is 0.212. The summed E-state index contributed by atoms with van der Waals surface area (Å²) in [4.78, 5) is 17.5. The molecule has 0 radical (unpaired) electrons. The van der Waals surface area contributed by atoms with Crippen molar-refractivity contribution in [2.75, 3.05) is 18.0 Å². The highest BCUT2D eigenvalue weighted by Crippen LogP contribution is 2.31. The maximum Gasteiger partial charge on any atom is 0.225 e. The SMILES string of the molecule is N#Cc1ccc(N(Cc2ccccc2)[C@H]2CCN(C(=O)C3CCCCC3)C2)cc1Cl. The number of hydrogen-bond acceptors (Lipinski definition) is 3. The molecule has 2 aromatic carbocycles. The van der Waals surface area contributed by atoms with Gasteiger partial charge in [0.05, 0.1) is 10.6 Å². The van der Waals surface area contributed by atoms with Crippen molar-refractivity contribution in [3.63, 3.8) is 0 Å². The van der Waals surface area contributed by atoms with Gasteiger partial charge in [0.15, 0.2) is 0 Å². The molecule has 1 amide bonds. The van der Waals surface area contributed by atoms with Gasteiger partial charge in [-0.25, -0.2) is 0 Å². The quantitative estimate of drug-likeness (QED) is 0.649. The third kappa shape index (κ3) is 4.63. The molecule has 5 heteroatoms. The van der Waals surface area contributed by atoms with E-state index in [4.69, 9.17) is 11.6 Å². The first kappa shape index (κ1) is 20.8. The zero-order valence-corrected chi connectivity index (χ0v) is 18.0. The van der Waals surface area contributed by atoms with E-state index < -0.39 is 0 Å². The highest BCUT2D eigenvalue weighted by molar-refractivity contribution is 6.32. The fraction of sp³-hybridized carbons (Fsp3) is 0.440. The topological polar surface area (TPSA) is 47.3 Å². The second kappa shape index (κ2) is 9.53. The summed E-state index contributed by atoms with van der Waals surface area (Å²) >= 11 is 6.35. The number of hydrogen-bond donors (Lipinski definition) is 0. The number of nitriles is 1. The minimum Gasteiger partial charge on any atom is -0.362 e. The van der Waals surface area contributed by atoms with Crippen molar-refractivity contribution >= 4 is 23.2 Å². The molecule has 0 unspecified atom stereocenters. The molecule has 156 valence electrons. The Morgan fingerprint density at radius 1 is 1.10 bits per heavy atom. The van der Waals surface area contributed by atoms with Crippen LogP contribution in [-0.4, -0.2) is 29.9 Å². The van der Waals surface area contributed by atoms with Crippen molar-refractivity contribution in [3.05, 3.63) is 64.7 Å². The number of likely N-dealkylation sites (tertiary alicyclic amines) is 1. The first-order chi connectivity index (χ1) is 14.7. The van der Waals surface area contributed by atoms with Crippen LogP contribution in [0, 0.1) is 17.2 Å². The maximum atomic E-state index is 13.1. The van der Waals surface area contributed by atoms with Gasteiger partial charge in [0, 0.05) is 37.3 Å². The lowest BCUT2D eigenvalue weighted by molar-refractivity contribution is -0.135. The monoisotopic (exact) mass is 421 g/mol. The van der Waals surface area contributed by atoms with Gasteiger partial charge in [0.25, 0.3) is 0 Å². The Bertz CT molecular complexity index is 918. The van der Waals surface area contributed by atoms with E-state index in [0.717, 1.165) is 44.6 Å². The summed E-state index contributed by atoms with van der Waals surface area (Å²) in [5.41, 5.74) is 2.70. The number of carbonyl (C=O) groups is 1. The molecule has 0 N–H and O–H groups in total. The highest BCUT2D eigenvalue weighted by Gasteiger charge is 2.34. The number of anilines is 1. The van der Waals surface area contributed by atoms with Gasteiger partial charge in [-0.15, -0.1) is 0 Å². The third-order valence-electron chi connectivity index (χ3n) is 6.47. The molecule has 2 fully saturated rings. The van der Waals surface area contributed by atoms with E-state index in [0.29, 0.717) is 16.5 Å². The lowest BCUT2D eigenvalue weighted by Crippen LogP contribution is -2.40. The van der Waals surface area contributed by atoms with Gasteiger partial charge in [-0.1, -0.05) is 61.2 Å². The molecule has 0 bridgehead atoms. The van der Waals surface area contributed by atoms with Crippen molar-refractivity contribution in [1.82, 2.24) is 4.90 Å². The fourth-order valence-corrected chi connectivity index (χ4v) is 5.01. The maximum absolute atomic E-state index is 13.1. The van der Waals surface area contributed by atoms with Gasteiger partial charge in [-0.05, 0) is 43.0 Å². The zero-order chi connectivity index (χ0) is 20.9. The van der Waals surface area contributed by atoms with Crippen molar-refractivity contribution < 1.29 is 4.79 Å². The van der Waals surface area contributed by atoms with Gasteiger partial charge < -0.3 is 9.80 Å². The molecule has 2 aromatic rings. The van der Waals surface area contributed by atoms with Crippen LogP contribution in [0.2, 0.25) is 5.02 Å². The average molecular weight is 422 g/mol. The summed E-state index contributed by atoms with van der Waals surface area (Å²) in [6.07, 6.45) is 6.65. The van der Waals surface area contributed by atoms with E-state index in [1.165, 1.54) is 24.8 Å². The summed E-state index contributed by atoms with van der Waals surface area (Å²) in [5.74, 6) is 0.555. The molecule has 0 spiro atoms. The van der Waals surface area contributed by atoms with Gasteiger partial charge in [-0.2, -0.15) is 5.26 Å². The second-order valence-electron chi connectivity index (χ2n) is 8.45. The van der Waals surface area contributed by atoms with Crippen LogP contribution in [0.4, 0.5) is 5.69 Å². The van der Waals surface area contributed by atoms with Gasteiger partial charge >= 0.3 is 0 Å². The summed E-state index contributed by atoms with van der Waals surface area (Å²) in [6.45, 7) is 2.31. The molecule has 1 saturated carbocycles. The largest absolute Gasteiger partial charge is 0.362 e. The van der Waals surface area contributed by atoms with Crippen molar-refractivity contribution in [3.8, 4) is 6.07 Å². The molecular weight excluding hydrogens is 394 g/mol. The van der Waals surface area contributed by atoms with Crippen LogP contribution in [0.1, 0.15) is 49.7 Å². The van der Waals surface area contributed by atoms with Gasteiger partial charge in [0.2, 0.25) is 5.91 Å². The lowest BCUT2D eigenvalue weighted by atomic mass is 9.88. The summed E-state index contributed by atoms with van der Waals surface area (Å²) in [5, 5.41) is 9.70. The molecule has 1 heterocycles. The molecule has 1 aliphatic heterocycles. The molecule has 1 atom stereocenters. The normalized spacial score (nSPS) is 19.5. The van der Waals surface area contributed by atoms with E-state index >= 15 is 0 Å². The Morgan fingerprint density at radius 2 is 1.87 bits per heavy atom. The molecule has 2 aliphatic rings. The van der Waals surface area contributed by atoms with Crippen molar-refractivity contribution in [1.29, 1.82) is 5.26 Å². The minimum atomic E-state index is 0.212. The highest BCUT2D eigenvalue weighted by atomic mass is 35.5.